The van der Waals surface area contributed by atoms with Crippen LogP contribution in [0.15, 0.2) is 36.8 Å². The van der Waals surface area contributed by atoms with E-state index in [1.165, 1.54) is 21.2 Å². The van der Waals surface area contributed by atoms with Crippen LogP contribution >= 0.6 is 11.3 Å². The summed E-state index contributed by atoms with van der Waals surface area (Å²) in [5.41, 5.74) is 2.04. The fourth-order valence-corrected chi connectivity index (χ4v) is 4.55. The smallest absolute Gasteiger partial charge is 0.358 e. The second-order valence-corrected chi connectivity index (χ2v) is 7.11. The van der Waals surface area contributed by atoms with E-state index in [9.17, 15) is 10.1 Å². The Morgan fingerprint density at radius 2 is 2.15 bits per heavy atom. The van der Waals surface area contributed by atoms with Crippen molar-refractivity contribution in [2.24, 2.45) is 0 Å². The fraction of sp³-hybridized carbons (Fsp3) is 0.176. The van der Waals surface area contributed by atoms with Crippen LogP contribution in [0, 0.1) is 10.1 Å². The van der Waals surface area contributed by atoms with E-state index >= 15 is 0 Å². The molecule has 0 spiro atoms. The van der Waals surface area contributed by atoms with Gasteiger partial charge in [0.2, 0.25) is 0 Å². The van der Waals surface area contributed by atoms with Crippen LogP contribution in [0.3, 0.4) is 0 Å². The molecule has 1 aliphatic rings. The van der Waals surface area contributed by atoms with E-state index in [2.05, 4.69) is 10.1 Å². The van der Waals surface area contributed by atoms with Gasteiger partial charge in [0.25, 0.3) is 0 Å². The van der Waals surface area contributed by atoms with Crippen molar-refractivity contribution < 1.29 is 4.92 Å². The molecule has 1 aliphatic carbocycles. The minimum Gasteiger partial charge on any atom is -0.358 e. The van der Waals surface area contributed by atoms with Crippen molar-refractivity contribution in [2.45, 2.75) is 19.3 Å². The van der Waals surface area contributed by atoms with Gasteiger partial charge in [-0.05, 0) is 41.9 Å². The molecule has 4 aromatic heterocycles. The molecule has 8 nitrogen and oxygen atoms in total. The summed E-state index contributed by atoms with van der Waals surface area (Å²) in [6, 6.07) is 5.10. The standard InChI is InChI=1S/C17H12N6O2S/c24-23(25)13-6-8-22(21-13)16-14-11-4-1-5-12(11)26-17(14)20-15(19-16)10-3-2-7-18-9-10/h2-3,6-9H,1,4-5H2. The zero-order chi connectivity index (χ0) is 17.7. The van der Waals surface area contributed by atoms with Crippen LogP contribution in [0.1, 0.15) is 16.9 Å². The zero-order valence-electron chi connectivity index (χ0n) is 13.5. The molecule has 4 heterocycles. The quantitative estimate of drug-likeness (QED) is 0.408. The van der Waals surface area contributed by atoms with Gasteiger partial charge in [0.05, 0.1) is 22.7 Å². The fourth-order valence-electron chi connectivity index (χ4n) is 3.30. The summed E-state index contributed by atoms with van der Waals surface area (Å²) in [6.45, 7) is 0. The first kappa shape index (κ1) is 15.1. The largest absolute Gasteiger partial charge is 0.390 e. The van der Waals surface area contributed by atoms with Crippen LogP contribution in [-0.4, -0.2) is 29.7 Å². The van der Waals surface area contributed by atoms with Gasteiger partial charge < -0.3 is 10.1 Å². The number of aryl methyl sites for hydroxylation is 2. The highest BCUT2D eigenvalue weighted by molar-refractivity contribution is 7.19. The summed E-state index contributed by atoms with van der Waals surface area (Å²) in [5.74, 6) is 0.923. The van der Waals surface area contributed by atoms with Gasteiger partial charge >= 0.3 is 5.82 Å². The van der Waals surface area contributed by atoms with Gasteiger partial charge in [0, 0.05) is 22.8 Å². The molecule has 9 heteroatoms. The Labute approximate surface area is 151 Å². The van der Waals surface area contributed by atoms with Crippen LogP contribution in [0.4, 0.5) is 5.82 Å². The lowest BCUT2D eigenvalue weighted by molar-refractivity contribution is -0.389. The van der Waals surface area contributed by atoms with Crippen molar-refractivity contribution in [2.75, 3.05) is 0 Å². The highest BCUT2D eigenvalue weighted by atomic mass is 32.1. The summed E-state index contributed by atoms with van der Waals surface area (Å²) >= 11 is 1.67. The van der Waals surface area contributed by atoms with E-state index in [1.54, 1.807) is 29.9 Å². The van der Waals surface area contributed by atoms with E-state index in [0.717, 1.165) is 35.0 Å². The summed E-state index contributed by atoms with van der Waals surface area (Å²) in [5, 5.41) is 16.1. The number of hydrogen-bond donors (Lipinski definition) is 0. The summed E-state index contributed by atoms with van der Waals surface area (Å²) in [6.07, 6.45) is 8.10. The number of hydrogen-bond acceptors (Lipinski definition) is 7. The van der Waals surface area contributed by atoms with Gasteiger partial charge in [-0.1, -0.05) is 0 Å². The predicted molar refractivity (Wildman–Crippen MR) is 96.4 cm³/mol. The Balaban J connectivity index is 1.79. The molecule has 0 amide bonds. The first-order chi connectivity index (χ1) is 12.7. The summed E-state index contributed by atoms with van der Waals surface area (Å²) in [7, 11) is 0. The van der Waals surface area contributed by atoms with Crippen LogP contribution in [0.2, 0.25) is 0 Å². The maximum Gasteiger partial charge on any atom is 0.390 e. The van der Waals surface area contributed by atoms with Gasteiger partial charge in [-0.15, -0.1) is 16.0 Å². The predicted octanol–water partition coefficient (Wildman–Crippen LogP) is 3.34. The minimum atomic E-state index is -0.505. The Hall–Kier alpha value is -3.20. The maximum atomic E-state index is 11.0. The van der Waals surface area contributed by atoms with Crippen LogP contribution in [0.25, 0.3) is 27.4 Å². The third kappa shape index (κ3) is 2.28. The Morgan fingerprint density at radius 3 is 2.92 bits per heavy atom. The summed E-state index contributed by atoms with van der Waals surface area (Å²) < 4.78 is 1.48. The molecule has 0 unspecified atom stereocenters. The van der Waals surface area contributed by atoms with Gasteiger partial charge in [0.1, 0.15) is 4.83 Å². The Kier molecular flexibility index (Phi) is 3.29. The molecule has 0 aromatic carbocycles. The molecule has 0 saturated heterocycles. The maximum absolute atomic E-state index is 11.0. The lowest BCUT2D eigenvalue weighted by Gasteiger charge is -2.05. The lowest BCUT2D eigenvalue weighted by Crippen LogP contribution is -2.04. The van der Waals surface area contributed by atoms with Crippen molar-refractivity contribution in [1.82, 2.24) is 24.7 Å². The van der Waals surface area contributed by atoms with Crippen molar-refractivity contribution in [3.8, 4) is 17.2 Å². The number of nitro groups is 1. The first-order valence-corrected chi connectivity index (χ1v) is 8.95. The molecule has 0 bridgehead atoms. The molecule has 0 saturated carbocycles. The molecule has 0 aliphatic heterocycles. The number of fused-ring (bicyclic) bond motifs is 3. The second-order valence-electron chi connectivity index (χ2n) is 6.03. The third-order valence-electron chi connectivity index (χ3n) is 4.44. The Bertz CT molecular complexity index is 1150. The minimum absolute atomic E-state index is 0.202. The third-order valence-corrected chi connectivity index (χ3v) is 5.63. The van der Waals surface area contributed by atoms with Crippen molar-refractivity contribution in [3.63, 3.8) is 0 Å². The number of rotatable bonds is 3. The molecule has 0 radical (unpaired) electrons. The van der Waals surface area contributed by atoms with Gasteiger partial charge in [0.15, 0.2) is 11.6 Å². The molecule has 0 fully saturated rings. The highest BCUT2D eigenvalue weighted by Gasteiger charge is 2.25. The van der Waals surface area contributed by atoms with E-state index in [4.69, 9.17) is 9.97 Å². The summed E-state index contributed by atoms with van der Waals surface area (Å²) in [4.78, 5) is 26.3. The average molecular weight is 364 g/mol. The molecule has 26 heavy (non-hydrogen) atoms. The van der Waals surface area contributed by atoms with Gasteiger partial charge in [-0.2, -0.15) is 0 Å². The number of nitrogens with zero attached hydrogens (tertiary/aromatic N) is 6. The average Bonchev–Trinajstić information content (AvgIpc) is 3.37. The monoisotopic (exact) mass is 364 g/mol. The van der Waals surface area contributed by atoms with Crippen molar-refractivity contribution in [3.05, 3.63) is 57.3 Å². The molecule has 4 aromatic rings. The van der Waals surface area contributed by atoms with Crippen LogP contribution in [0.5, 0.6) is 0 Å². The normalized spacial score (nSPS) is 13.2. The second kappa shape index (κ2) is 5.67. The van der Waals surface area contributed by atoms with E-state index in [0.29, 0.717) is 11.6 Å². The molecule has 128 valence electrons. The first-order valence-electron chi connectivity index (χ1n) is 8.14. The molecule has 0 atom stereocenters. The molecular weight excluding hydrogens is 352 g/mol. The lowest BCUT2D eigenvalue weighted by atomic mass is 10.2. The number of aromatic nitrogens is 5. The van der Waals surface area contributed by atoms with E-state index < -0.39 is 4.92 Å². The molecule has 0 N–H and O–H groups in total. The number of pyridine rings is 1. The highest BCUT2D eigenvalue weighted by Crippen LogP contribution is 2.39. The topological polar surface area (TPSA) is 99.6 Å². The van der Waals surface area contributed by atoms with Crippen molar-refractivity contribution >= 4 is 27.4 Å². The van der Waals surface area contributed by atoms with Gasteiger partial charge in [-0.3, -0.25) is 4.98 Å². The zero-order valence-corrected chi connectivity index (χ0v) is 14.3. The molecular formula is C17H12N6O2S. The Morgan fingerprint density at radius 1 is 1.23 bits per heavy atom. The van der Waals surface area contributed by atoms with Crippen LogP contribution < -0.4 is 0 Å². The van der Waals surface area contributed by atoms with E-state index in [1.807, 2.05) is 12.1 Å². The SMILES string of the molecule is O=[N+]([O-])c1ccn(-c2nc(-c3cccnc3)nc3sc4c(c23)CCC4)n1. The number of thiophene rings is 1. The molecule has 5 rings (SSSR count). The van der Waals surface area contributed by atoms with E-state index in [-0.39, 0.29) is 5.82 Å². The van der Waals surface area contributed by atoms with Crippen LogP contribution in [-0.2, 0) is 12.8 Å². The van der Waals surface area contributed by atoms with Gasteiger partial charge in [-0.25, -0.2) is 9.97 Å². The van der Waals surface area contributed by atoms with Crippen molar-refractivity contribution in [1.29, 1.82) is 0 Å².